The Morgan fingerprint density at radius 1 is 0.900 bits per heavy atom. The molecule has 1 fully saturated rings. The van der Waals surface area contributed by atoms with Crippen LogP contribution in [0.5, 0.6) is 0 Å². The van der Waals surface area contributed by atoms with Gasteiger partial charge in [-0.25, -0.2) is 8.42 Å². The van der Waals surface area contributed by atoms with Crippen LogP contribution in [0.25, 0.3) is 0 Å². The number of hydrogen-bond acceptors (Lipinski definition) is 9. The van der Waals surface area contributed by atoms with Crippen molar-refractivity contribution < 1.29 is 27.5 Å². The highest BCUT2D eigenvalue weighted by Crippen LogP contribution is 2.38. The van der Waals surface area contributed by atoms with Gasteiger partial charge in [0.1, 0.15) is 0 Å². The van der Waals surface area contributed by atoms with E-state index in [0.717, 1.165) is 0 Å². The first-order valence-electron chi connectivity index (χ1n) is 9.53. The third kappa shape index (κ3) is 4.19. The molecule has 0 spiro atoms. The summed E-state index contributed by atoms with van der Waals surface area (Å²) in [6.45, 7) is 3.17. The number of esters is 2. The van der Waals surface area contributed by atoms with Gasteiger partial charge in [-0.1, -0.05) is 12.1 Å². The fourth-order valence-electron chi connectivity index (χ4n) is 3.56. The smallest absolute Gasteiger partial charge is 0.326 e. The Balaban J connectivity index is 2.17. The second-order valence-electron chi connectivity index (χ2n) is 6.63. The monoisotopic (exact) mass is 433 g/mol. The van der Waals surface area contributed by atoms with Gasteiger partial charge in [0.15, 0.2) is 20.3 Å². The molecule has 3 rings (SSSR count). The molecule has 10 heteroatoms. The van der Waals surface area contributed by atoms with Gasteiger partial charge in [0.2, 0.25) is 0 Å². The topological polar surface area (TPSA) is 125 Å². The van der Waals surface area contributed by atoms with Gasteiger partial charge < -0.3 is 9.47 Å². The fourth-order valence-corrected chi connectivity index (χ4v) is 5.78. The predicted octanol–water partition coefficient (Wildman–Crippen LogP) is 1.14. The highest BCUT2D eigenvalue weighted by atomic mass is 32.2. The number of pyridine rings is 2. The number of rotatable bonds is 6. The van der Waals surface area contributed by atoms with E-state index in [1.54, 1.807) is 50.5 Å². The van der Waals surface area contributed by atoms with Crippen LogP contribution in [0.4, 0.5) is 0 Å². The Morgan fingerprint density at radius 2 is 1.33 bits per heavy atom. The molecular formula is C20H23N3O6S. The van der Waals surface area contributed by atoms with E-state index < -0.39 is 44.4 Å². The minimum atomic E-state index is -4.37. The van der Waals surface area contributed by atoms with E-state index in [2.05, 4.69) is 15.3 Å². The number of carbonyl (C=O) groups is 2. The maximum atomic E-state index is 13.6. The Morgan fingerprint density at radius 3 is 1.67 bits per heavy atom. The Hall–Kier alpha value is -2.85. The molecule has 0 aromatic carbocycles. The molecule has 1 aliphatic rings. The first-order valence-corrected chi connectivity index (χ1v) is 11.1. The summed E-state index contributed by atoms with van der Waals surface area (Å²) < 4.78 is 37.4. The molecular weight excluding hydrogens is 410 g/mol. The Labute approximate surface area is 174 Å². The Bertz CT molecular complexity index is 911. The minimum absolute atomic E-state index is 0.000714. The van der Waals surface area contributed by atoms with E-state index >= 15 is 0 Å². The molecule has 4 atom stereocenters. The molecule has 0 bridgehead atoms. The molecule has 1 N–H and O–H groups in total. The standard InChI is InChI=1S/C20H23N3O6S/c1-3-28-19(24)17-15(13-7-5-9-21-11-13)23-16(14-8-6-10-22-12-14)18(30(17,26)27)20(25)29-4-2/h5-12,15-18,23H,3-4H2,1-2H3. The highest BCUT2D eigenvalue weighted by Gasteiger charge is 2.57. The van der Waals surface area contributed by atoms with Crippen LogP contribution in [0.1, 0.15) is 37.1 Å². The van der Waals surface area contributed by atoms with E-state index in [1.807, 2.05) is 0 Å². The lowest BCUT2D eigenvalue weighted by atomic mass is 9.98. The lowest BCUT2D eigenvalue weighted by molar-refractivity contribution is -0.144. The number of hydrogen-bond donors (Lipinski definition) is 1. The van der Waals surface area contributed by atoms with Crippen LogP contribution in [0.15, 0.2) is 49.1 Å². The van der Waals surface area contributed by atoms with Gasteiger partial charge in [-0.3, -0.25) is 24.9 Å². The van der Waals surface area contributed by atoms with Crippen molar-refractivity contribution in [1.82, 2.24) is 15.3 Å². The van der Waals surface area contributed by atoms with Gasteiger partial charge in [0.25, 0.3) is 0 Å². The zero-order valence-corrected chi connectivity index (χ0v) is 17.4. The first kappa shape index (κ1) is 21.8. The van der Waals surface area contributed by atoms with Crippen molar-refractivity contribution >= 4 is 21.8 Å². The van der Waals surface area contributed by atoms with E-state index in [0.29, 0.717) is 11.1 Å². The summed E-state index contributed by atoms with van der Waals surface area (Å²) in [5.74, 6) is -1.87. The van der Waals surface area contributed by atoms with E-state index in [-0.39, 0.29) is 13.2 Å². The molecule has 9 nitrogen and oxygen atoms in total. The summed E-state index contributed by atoms with van der Waals surface area (Å²) >= 11 is 0. The maximum Gasteiger partial charge on any atom is 0.326 e. The van der Waals surface area contributed by atoms with E-state index in [1.165, 1.54) is 12.4 Å². The molecule has 4 unspecified atom stereocenters. The molecule has 2 aromatic heterocycles. The van der Waals surface area contributed by atoms with E-state index in [4.69, 9.17) is 9.47 Å². The van der Waals surface area contributed by atoms with Crippen LogP contribution in [-0.4, -0.2) is 54.0 Å². The summed E-state index contributed by atoms with van der Waals surface area (Å²) in [5, 5.41) is -0.111. The summed E-state index contributed by atoms with van der Waals surface area (Å²) in [6.07, 6.45) is 6.04. The highest BCUT2D eigenvalue weighted by molar-refractivity contribution is 7.94. The summed E-state index contributed by atoms with van der Waals surface area (Å²) in [7, 11) is -4.37. The molecule has 0 saturated carbocycles. The van der Waals surface area contributed by atoms with Crippen LogP contribution in [-0.2, 0) is 28.9 Å². The van der Waals surface area contributed by atoms with Gasteiger partial charge in [0.05, 0.1) is 25.3 Å². The van der Waals surface area contributed by atoms with E-state index in [9.17, 15) is 18.0 Å². The van der Waals surface area contributed by atoms with Gasteiger partial charge >= 0.3 is 11.9 Å². The zero-order chi connectivity index (χ0) is 21.7. The van der Waals surface area contributed by atoms with Gasteiger partial charge in [-0.05, 0) is 37.1 Å². The molecule has 1 saturated heterocycles. The van der Waals surface area contributed by atoms with Crippen molar-refractivity contribution in [1.29, 1.82) is 0 Å². The molecule has 30 heavy (non-hydrogen) atoms. The van der Waals surface area contributed by atoms with Gasteiger partial charge in [-0.2, -0.15) is 0 Å². The van der Waals surface area contributed by atoms with Crippen molar-refractivity contribution in [3.8, 4) is 0 Å². The number of sulfone groups is 1. The second kappa shape index (κ2) is 9.31. The van der Waals surface area contributed by atoms with Crippen LogP contribution >= 0.6 is 0 Å². The summed E-state index contributed by atoms with van der Waals surface area (Å²) in [6, 6.07) is 4.66. The first-order chi connectivity index (χ1) is 14.4. The average molecular weight is 433 g/mol. The lowest BCUT2D eigenvalue weighted by Crippen LogP contribution is -2.59. The molecule has 0 aliphatic carbocycles. The molecule has 0 radical (unpaired) electrons. The number of aromatic nitrogens is 2. The van der Waals surface area contributed by atoms with Crippen molar-refractivity contribution in [2.45, 2.75) is 36.4 Å². The van der Waals surface area contributed by atoms with Gasteiger partial charge in [-0.15, -0.1) is 0 Å². The molecule has 1 aliphatic heterocycles. The quantitative estimate of drug-likeness (QED) is 0.668. The number of nitrogens with one attached hydrogen (secondary N) is 1. The summed E-state index contributed by atoms with van der Waals surface area (Å²) in [4.78, 5) is 33.6. The van der Waals surface area contributed by atoms with Crippen LogP contribution in [0, 0.1) is 0 Å². The second-order valence-corrected chi connectivity index (χ2v) is 8.82. The van der Waals surface area contributed by atoms with Crippen LogP contribution < -0.4 is 5.32 Å². The molecule has 0 amide bonds. The largest absolute Gasteiger partial charge is 0.465 e. The number of carbonyl (C=O) groups excluding carboxylic acids is 2. The van der Waals surface area contributed by atoms with Crippen LogP contribution in [0.2, 0.25) is 0 Å². The third-order valence-electron chi connectivity index (χ3n) is 4.80. The van der Waals surface area contributed by atoms with Crippen molar-refractivity contribution in [2.75, 3.05) is 13.2 Å². The molecule has 2 aromatic rings. The lowest BCUT2D eigenvalue weighted by Gasteiger charge is -2.40. The summed E-state index contributed by atoms with van der Waals surface area (Å²) in [5.41, 5.74) is 0.964. The maximum absolute atomic E-state index is 13.6. The van der Waals surface area contributed by atoms with Crippen molar-refractivity contribution in [3.05, 3.63) is 60.2 Å². The molecule has 160 valence electrons. The fraction of sp³-hybridized carbons (Fsp3) is 0.400. The normalized spacial score (nSPS) is 25.3. The predicted molar refractivity (Wildman–Crippen MR) is 107 cm³/mol. The van der Waals surface area contributed by atoms with Crippen molar-refractivity contribution in [2.24, 2.45) is 0 Å². The SMILES string of the molecule is CCOC(=O)C1C(c2cccnc2)NC(c2cccnc2)C(C(=O)OCC)S1(=O)=O. The zero-order valence-electron chi connectivity index (χ0n) is 16.6. The number of nitrogens with zero attached hydrogens (tertiary/aromatic N) is 2. The minimum Gasteiger partial charge on any atom is -0.465 e. The van der Waals surface area contributed by atoms with Crippen LogP contribution in [0.3, 0.4) is 0 Å². The molecule has 3 heterocycles. The Kier molecular flexibility index (Phi) is 6.78. The average Bonchev–Trinajstić information content (AvgIpc) is 2.73. The number of ether oxygens (including phenoxy) is 2. The third-order valence-corrected chi connectivity index (χ3v) is 7.14. The van der Waals surface area contributed by atoms with Crippen molar-refractivity contribution in [3.63, 3.8) is 0 Å². The van der Waals surface area contributed by atoms with Gasteiger partial charge in [0, 0.05) is 24.8 Å².